The van der Waals surface area contributed by atoms with Crippen molar-refractivity contribution in [3.63, 3.8) is 0 Å². The Kier molecular flexibility index (Phi) is 12.5. The summed E-state index contributed by atoms with van der Waals surface area (Å²) < 4.78 is 6.23. The number of nitrogens with zero attached hydrogens (tertiary/aromatic N) is 3. The van der Waals surface area contributed by atoms with Crippen LogP contribution in [0.15, 0.2) is 83.5 Å². The number of benzene rings is 2. The molecule has 0 unspecified atom stereocenters. The van der Waals surface area contributed by atoms with Gasteiger partial charge in [0, 0.05) is 43.6 Å². The van der Waals surface area contributed by atoms with Crippen LogP contribution in [0.4, 0.5) is 0 Å². The first-order valence-electron chi connectivity index (χ1n) is 17.6. The minimum atomic E-state index is -1.37. The van der Waals surface area contributed by atoms with Gasteiger partial charge >= 0.3 is 0 Å². The number of hydrogen-bond acceptors (Lipinski definition) is 4. The first kappa shape index (κ1) is 39.3. The summed E-state index contributed by atoms with van der Waals surface area (Å²) in [6.45, 7) is 25.2. The predicted octanol–water partition coefficient (Wildman–Crippen LogP) is 11.3. The normalized spacial score (nSPS) is 12.2. The van der Waals surface area contributed by atoms with Gasteiger partial charge in [-0.15, -0.1) is 54.1 Å². The maximum Gasteiger partial charge on any atom is 0.216 e. The average molecular weight is 860 g/mol. The predicted molar refractivity (Wildman–Crippen MR) is 210 cm³/mol. The van der Waals surface area contributed by atoms with Crippen LogP contribution in [0.25, 0.3) is 44.6 Å². The van der Waals surface area contributed by atoms with Crippen LogP contribution in [0.2, 0.25) is 19.6 Å². The summed E-state index contributed by atoms with van der Waals surface area (Å²) in [7, 11) is -1.37. The summed E-state index contributed by atoms with van der Waals surface area (Å²) in [5.74, 6) is 0.603. The molecule has 0 aliphatic rings. The molecule has 6 rings (SSSR count). The Morgan fingerprint density at radius 2 is 1.52 bits per heavy atom. The zero-order valence-corrected chi connectivity index (χ0v) is 35.2. The van der Waals surface area contributed by atoms with Crippen molar-refractivity contribution in [1.29, 1.82) is 0 Å². The molecule has 0 amide bonds. The molecule has 0 saturated carbocycles. The summed E-state index contributed by atoms with van der Waals surface area (Å²) in [4.78, 5) is 14.1. The van der Waals surface area contributed by atoms with E-state index in [0.29, 0.717) is 11.6 Å². The van der Waals surface area contributed by atoms with E-state index in [-0.39, 0.29) is 30.9 Å². The topological polar surface area (TPSA) is 51.8 Å². The van der Waals surface area contributed by atoms with E-state index >= 15 is 0 Å². The molecule has 0 saturated heterocycles. The Labute approximate surface area is 314 Å². The number of rotatable bonds is 7. The van der Waals surface area contributed by atoms with Crippen molar-refractivity contribution in [3.8, 4) is 22.5 Å². The quantitative estimate of drug-likeness (QED) is 0.119. The minimum absolute atomic E-state index is 0. The maximum atomic E-state index is 6.23. The Bertz CT molecular complexity index is 2030. The van der Waals surface area contributed by atoms with E-state index in [9.17, 15) is 0 Å². The monoisotopic (exact) mass is 860 g/mol. The van der Waals surface area contributed by atoms with E-state index in [1.165, 1.54) is 16.3 Å². The average Bonchev–Trinajstić information content (AvgIpc) is 3.37. The Hall–Kier alpha value is -3.44. The van der Waals surface area contributed by atoms with Crippen LogP contribution < -0.4 is 5.19 Å². The summed E-state index contributed by atoms with van der Waals surface area (Å²) in [5, 5.41) is 3.59. The van der Waals surface area contributed by atoms with E-state index in [0.717, 1.165) is 63.8 Å². The molecule has 4 heterocycles. The molecule has 2 aromatic carbocycles. The molecule has 0 fully saturated rings. The summed E-state index contributed by atoms with van der Waals surface area (Å²) >= 11 is 0. The van der Waals surface area contributed by atoms with Crippen molar-refractivity contribution in [2.45, 2.75) is 94.3 Å². The molecule has 4 nitrogen and oxygen atoms in total. The third kappa shape index (κ3) is 10.3. The van der Waals surface area contributed by atoms with Crippen molar-refractivity contribution in [3.05, 3.63) is 108 Å². The van der Waals surface area contributed by atoms with Gasteiger partial charge in [-0.3, -0.25) is 0 Å². The van der Waals surface area contributed by atoms with Gasteiger partial charge < -0.3 is 14.4 Å². The van der Waals surface area contributed by atoms with Gasteiger partial charge in [0.2, 0.25) is 5.71 Å². The zero-order valence-electron chi connectivity index (χ0n) is 31.8. The largest absolute Gasteiger partial charge is 0.486 e. The van der Waals surface area contributed by atoms with E-state index in [1.54, 1.807) is 0 Å². The molecule has 50 heavy (non-hydrogen) atoms. The number of pyridine rings is 3. The summed E-state index contributed by atoms with van der Waals surface area (Å²) in [5.41, 5.74) is 9.70. The second kappa shape index (κ2) is 15.8. The molecule has 0 aliphatic carbocycles. The third-order valence-electron chi connectivity index (χ3n) is 8.30. The van der Waals surface area contributed by atoms with Crippen LogP contribution in [0.3, 0.4) is 0 Å². The van der Waals surface area contributed by atoms with E-state index in [1.807, 2.05) is 36.5 Å². The molecule has 265 valence electrons. The zero-order chi connectivity index (χ0) is 35.6. The van der Waals surface area contributed by atoms with Crippen molar-refractivity contribution in [1.82, 2.24) is 15.0 Å². The van der Waals surface area contributed by atoms with E-state index < -0.39 is 8.07 Å². The van der Waals surface area contributed by atoms with Crippen molar-refractivity contribution in [2.24, 2.45) is 16.7 Å². The SMILES string of the molecule is CC(C)(C)Cc1cc(-c2[c-]cccc2)ncc1[Si](C)(C)C.CC(C)Cc1ccnc(-c2[c-]ccc3c2oc2nc(CC(C)(C)C)ccc23)c1.[Ir]. The maximum absolute atomic E-state index is 6.23. The van der Waals surface area contributed by atoms with Crippen LogP contribution in [0.1, 0.15) is 72.2 Å². The van der Waals surface area contributed by atoms with Gasteiger partial charge in [0.05, 0.1) is 13.7 Å². The van der Waals surface area contributed by atoms with Crippen LogP contribution in [-0.2, 0) is 39.4 Å². The van der Waals surface area contributed by atoms with Crippen LogP contribution in [-0.4, -0.2) is 23.0 Å². The van der Waals surface area contributed by atoms with Crippen LogP contribution >= 0.6 is 0 Å². The smallest absolute Gasteiger partial charge is 0.216 e. The first-order chi connectivity index (χ1) is 23.0. The van der Waals surface area contributed by atoms with Gasteiger partial charge in [0.15, 0.2) is 0 Å². The molecular formula is C44H53IrN3OSi-2. The Balaban J connectivity index is 0.000000230. The minimum Gasteiger partial charge on any atom is -0.486 e. The summed E-state index contributed by atoms with van der Waals surface area (Å²) in [6.07, 6.45) is 7.03. The van der Waals surface area contributed by atoms with Gasteiger partial charge in [-0.25, -0.2) is 4.98 Å². The third-order valence-corrected chi connectivity index (χ3v) is 10.4. The molecule has 0 aliphatic heterocycles. The van der Waals surface area contributed by atoms with Gasteiger partial charge in [0.25, 0.3) is 0 Å². The number of hydrogen-bond donors (Lipinski definition) is 0. The molecule has 4 aromatic heterocycles. The second-order valence-corrected chi connectivity index (χ2v) is 22.3. The molecule has 0 spiro atoms. The standard InChI is InChI=1S/C25H27N2O.C19H26NSi.Ir/c1-16(2)13-17-11-12-26-22(14-17)21-8-6-7-19-20-10-9-18(15-25(3,4)5)27-24(20)28-23(19)21;1-19(2,3)13-16-12-17(15-10-8-7-9-11-15)20-14-18(16)21(4,5)6;/h6-7,9-12,14,16H,13,15H2,1-5H3;7-10,12,14H,13H2,1-6H3;/q2*-1;. The Morgan fingerprint density at radius 3 is 2.16 bits per heavy atom. The van der Waals surface area contributed by atoms with E-state index in [2.05, 4.69) is 135 Å². The molecule has 6 aromatic rings. The fourth-order valence-electron chi connectivity index (χ4n) is 6.29. The summed E-state index contributed by atoms with van der Waals surface area (Å²) in [6, 6.07) is 29.4. The van der Waals surface area contributed by atoms with Gasteiger partial charge in [-0.1, -0.05) is 109 Å². The fourth-order valence-corrected chi connectivity index (χ4v) is 7.87. The van der Waals surface area contributed by atoms with Gasteiger partial charge in [-0.2, -0.15) is 0 Å². The van der Waals surface area contributed by atoms with Crippen molar-refractivity contribution >= 4 is 35.3 Å². The van der Waals surface area contributed by atoms with E-state index in [4.69, 9.17) is 14.4 Å². The van der Waals surface area contributed by atoms with Gasteiger partial charge in [0.1, 0.15) is 0 Å². The van der Waals surface area contributed by atoms with Crippen molar-refractivity contribution in [2.75, 3.05) is 0 Å². The fraction of sp³-hybridized carbons (Fsp3) is 0.386. The number of furan rings is 1. The molecule has 1 radical (unpaired) electrons. The molecular weight excluding hydrogens is 807 g/mol. The molecule has 6 heteroatoms. The second-order valence-electron chi connectivity index (χ2n) is 17.2. The van der Waals surface area contributed by atoms with Crippen molar-refractivity contribution < 1.29 is 24.5 Å². The van der Waals surface area contributed by atoms with Crippen LogP contribution in [0.5, 0.6) is 0 Å². The first-order valence-corrected chi connectivity index (χ1v) is 21.1. The number of fused-ring (bicyclic) bond motifs is 3. The van der Waals surface area contributed by atoms with Gasteiger partial charge in [-0.05, 0) is 70.8 Å². The molecule has 0 N–H and O–H groups in total. The Morgan fingerprint density at radius 1 is 0.780 bits per heavy atom. The molecule has 0 atom stereocenters. The van der Waals surface area contributed by atoms with Crippen LogP contribution in [0, 0.1) is 28.9 Å². The number of aromatic nitrogens is 3. The molecule has 0 bridgehead atoms.